The quantitative estimate of drug-likeness (QED) is 0.110. The average Bonchev–Trinajstić information content (AvgIpc) is 2.89. The van der Waals surface area contributed by atoms with Gasteiger partial charge >= 0.3 is 13.7 Å². The third kappa shape index (κ3) is 6.62. The van der Waals surface area contributed by atoms with E-state index < -0.39 is 54.6 Å². The van der Waals surface area contributed by atoms with Gasteiger partial charge in [-0.05, 0) is 55.7 Å². The van der Waals surface area contributed by atoms with Gasteiger partial charge in [0.2, 0.25) is 34.8 Å². The van der Waals surface area contributed by atoms with Crippen LogP contribution in [-0.4, -0.2) is 18.6 Å². The van der Waals surface area contributed by atoms with Gasteiger partial charge in [0.1, 0.15) is 11.8 Å². The Balaban J connectivity index is 1.96. The number of benzene rings is 2. The summed E-state index contributed by atoms with van der Waals surface area (Å²) in [4.78, 5) is 12.5. The van der Waals surface area contributed by atoms with Crippen LogP contribution in [0, 0.1) is 35.0 Å². The Labute approximate surface area is 212 Å². The zero-order valence-electron chi connectivity index (χ0n) is 20.7. The predicted octanol–water partition coefficient (Wildman–Crippen LogP) is 6.78. The number of aryl methyl sites for hydroxylation is 1. The molecular formula is C25H29F5NO5P. The summed E-state index contributed by atoms with van der Waals surface area (Å²) in [6.07, 6.45) is 4.45. The summed E-state index contributed by atoms with van der Waals surface area (Å²) in [6.45, 7) is 5.16. The zero-order chi connectivity index (χ0) is 27.3. The lowest BCUT2D eigenvalue weighted by Gasteiger charge is -2.26. The van der Waals surface area contributed by atoms with Crippen molar-refractivity contribution in [2.45, 2.75) is 65.3 Å². The van der Waals surface area contributed by atoms with Crippen LogP contribution in [0.4, 0.5) is 22.0 Å². The third-order valence-corrected chi connectivity index (χ3v) is 7.84. The summed E-state index contributed by atoms with van der Waals surface area (Å²) in [7, 11) is -4.98. The van der Waals surface area contributed by atoms with Crippen LogP contribution in [0.3, 0.4) is 0 Å². The molecule has 0 bridgehead atoms. The second-order valence-electron chi connectivity index (χ2n) is 8.84. The van der Waals surface area contributed by atoms with Crippen LogP contribution in [0.1, 0.15) is 57.6 Å². The van der Waals surface area contributed by atoms with E-state index in [2.05, 4.69) is 5.09 Å². The van der Waals surface area contributed by atoms with E-state index in [1.165, 1.54) is 13.0 Å². The monoisotopic (exact) mass is 549 g/mol. The first-order valence-corrected chi connectivity index (χ1v) is 13.6. The lowest BCUT2D eigenvalue weighted by Crippen LogP contribution is -2.36. The number of carbonyl (C=O) groups is 1. The fourth-order valence-corrected chi connectivity index (χ4v) is 5.51. The molecule has 0 saturated carbocycles. The van der Waals surface area contributed by atoms with E-state index >= 15 is 0 Å². The molecule has 0 heterocycles. The molecule has 0 saturated heterocycles. The SMILES string of the molecule is CCC(CC)COC(=O)[C@H](C)NP(=O)(Oc1cccc2c1CCCC2)Oc1c(F)c(F)c(F)c(F)c1F. The van der Waals surface area contributed by atoms with Gasteiger partial charge in [-0.25, -0.2) is 17.7 Å². The highest BCUT2D eigenvalue weighted by atomic mass is 31.2. The first-order chi connectivity index (χ1) is 17.5. The van der Waals surface area contributed by atoms with Crippen LogP contribution in [0.2, 0.25) is 0 Å². The smallest absolute Gasteiger partial charge is 0.464 e. The predicted molar refractivity (Wildman–Crippen MR) is 126 cm³/mol. The Bertz CT molecular complexity index is 1160. The molecule has 3 rings (SSSR count). The fraction of sp³-hybridized carbons (Fsp3) is 0.480. The van der Waals surface area contributed by atoms with E-state index in [0.29, 0.717) is 18.4 Å². The number of hydrogen-bond acceptors (Lipinski definition) is 5. The number of carbonyl (C=O) groups excluding carboxylic acids is 1. The maximum atomic E-state index is 14.4. The lowest BCUT2D eigenvalue weighted by molar-refractivity contribution is -0.146. The molecular weight excluding hydrogens is 520 g/mol. The maximum Gasteiger partial charge on any atom is 0.513 e. The first-order valence-electron chi connectivity index (χ1n) is 12.1. The van der Waals surface area contributed by atoms with E-state index in [1.54, 1.807) is 6.07 Å². The number of rotatable bonds is 11. The van der Waals surface area contributed by atoms with Crippen molar-refractivity contribution >= 4 is 13.7 Å². The number of halogens is 5. The molecule has 204 valence electrons. The van der Waals surface area contributed by atoms with Crippen LogP contribution in [0.15, 0.2) is 18.2 Å². The largest absolute Gasteiger partial charge is 0.513 e. The maximum absolute atomic E-state index is 14.4. The highest BCUT2D eigenvalue weighted by Gasteiger charge is 2.39. The molecule has 1 aliphatic carbocycles. The van der Waals surface area contributed by atoms with Gasteiger partial charge in [-0.1, -0.05) is 38.8 Å². The molecule has 1 aliphatic rings. The van der Waals surface area contributed by atoms with Crippen molar-refractivity contribution in [3.8, 4) is 11.5 Å². The van der Waals surface area contributed by atoms with Crippen molar-refractivity contribution in [2.75, 3.05) is 6.61 Å². The van der Waals surface area contributed by atoms with Gasteiger partial charge in [0.25, 0.3) is 0 Å². The molecule has 0 radical (unpaired) electrons. The minimum absolute atomic E-state index is 0.0366. The number of nitrogens with one attached hydrogen (secondary N) is 1. The Morgan fingerprint density at radius 2 is 1.54 bits per heavy atom. The van der Waals surface area contributed by atoms with Gasteiger partial charge in [-0.2, -0.15) is 13.9 Å². The van der Waals surface area contributed by atoms with Crippen LogP contribution >= 0.6 is 7.75 Å². The molecule has 12 heteroatoms. The minimum atomic E-state index is -4.98. The number of ether oxygens (including phenoxy) is 1. The Morgan fingerprint density at radius 3 is 2.16 bits per heavy atom. The standard InChI is InChI=1S/C25H29F5NO5P/c1-4-15(5-2)13-34-25(32)14(3)31-37(33,35-18-12-8-10-16-9-6-7-11-17(16)18)36-24-22(29)20(27)19(26)21(28)23(24)30/h8,10,12,14-15H,4-7,9,11,13H2,1-3H3,(H,31,33)/t14-,37?/m0/s1. The minimum Gasteiger partial charge on any atom is -0.464 e. The highest BCUT2D eigenvalue weighted by Crippen LogP contribution is 2.49. The molecule has 2 atom stereocenters. The summed E-state index contributed by atoms with van der Waals surface area (Å²) in [5.74, 6) is -14.2. The summed E-state index contributed by atoms with van der Waals surface area (Å²) < 4.78 is 99.3. The third-order valence-electron chi connectivity index (χ3n) is 6.27. The van der Waals surface area contributed by atoms with E-state index in [9.17, 15) is 31.3 Å². The second-order valence-corrected chi connectivity index (χ2v) is 10.5. The van der Waals surface area contributed by atoms with Crippen LogP contribution < -0.4 is 14.1 Å². The van der Waals surface area contributed by atoms with Crippen LogP contribution in [-0.2, 0) is 26.9 Å². The van der Waals surface area contributed by atoms with Crippen molar-refractivity contribution in [3.63, 3.8) is 0 Å². The topological polar surface area (TPSA) is 73.9 Å². The Kier molecular flexibility index (Phi) is 9.58. The van der Waals surface area contributed by atoms with Gasteiger partial charge in [0.15, 0.2) is 0 Å². The lowest BCUT2D eigenvalue weighted by atomic mass is 9.91. The zero-order valence-corrected chi connectivity index (χ0v) is 21.6. The summed E-state index contributed by atoms with van der Waals surface area (Å²) >= 11 is 0. The van der Waals surface area contributed by atoms with Gasteiger partial charge in [-0.3, -0.25) is 4.79 Å². The van der Waals surface area contributed by atoms with Crippen molar-refractivity contribution in [3.05, 3.63) is 58.4 Å². The molecule has 1 unspecified atom stereocenters. The van der Waals surface area contributed by atoms with Crippen molar-refractivity contribution in [1.29, 1.82) is 0 Å². The van der Waals surface area contributed by atoms with E-state index in [-0.39, 0.29) is 18.3 Å². The molecule has 37 heavy (non-hydrogen) atoms. The Hall–Kier alpha value is -2.65. The summed E-state index contributed by atoms with van der Waals surface area (Å²) in [6, 6.07) is 3.50. The highest BCUT2D eigenvalue weighted by molar-refractivity contribution is 7.52. The summed E-state index contributed by atoms with van der Waals surface area (Å²) in [5, 5.41) is 2.23. The van der Waals surface area contributed by atoms with Crippen molar-refractivity contribution in [1.82, 2.24) is 5.09 Å². The van der Waals surface area contributed by atoms with Crippen LogP contribution in [0.5, 0.6) is 11.5 Å². The fourth-order valence-electron chi connectivity index (χ4n) is 3.96. The van der Waals surface area contributed by atoms with E-state index in [0.717, 1.165) is 31.2 Å². The molecule has 1 N–H and O–H groups in total. The number of esters is 1. The van der Waals surface area contributed by atoms with Gasteiger partial charge in [0.05, 0.1) is 6.61 Å². The molecule has 6 nitrogen and oxygen atoms in total. The average molecular weight is 549 g/mol. The molecule has 0 amide bonds. The van der Waals surface area contributed by atoms with E-state index in [1.807, 2.05) is 19.9 Å². The number of hydrogen-bond donors (Lipinski definition) is 1. The van der Waals surface area contributed by atoms with Crippen LogP contribution in [0.25, 0.3) is 0 Å². The second kappa shape index (κ2) is 12.3. The molecule has 0 spiro atoms. The van der Waals surface area contributed by atoms with E-state index in [4.69, 9.17) is 13.8 Å². The van der Waals surface area contributed by atoms with Crippen molar-refractivity contribution in [2.24, 2.45) is 5.92 Å². The Morgan fingerprint density at radius 1 is 0.946 bits per heavy atom. The molecule has 0 aromatic heterocycles. The molecule has 0 fully saturated rings. The molecule has 0 aliphatic heterocycles. The molecule has 2 aromatic rings. The molecule has 2 aromatic carbocycles. The number of fused-ring (bicyclic) bond motifs is 1. The van der Waals surface area contributed by atoms with Gasteiger partial charge < -0.3 is 13.8 Å². The van der Waals surface area contributed by atoms with Gasteiger partial charge in [-0.15, -0.1) is 0 Å². The normalized spacial score (nSPS) is 15.6. The van der Waals surface area contributed by atoms with Gasteiger partial charge in [0, 0.05) is 0 Å². The first kappa shape index (κ1) is 28.9. The van der Waals surface area contributed by atoms with Crippen molar-refractivity contribution < 1.29 is 45.1 Å². The summed E-state index contributed by atoms with van der Waals surface area (Å²) in [5.41, 5.74) is 1.56.